The van der Waals surface area contributed by atoms with Gasteiger partial charge in [0.25, 0.3) is 0 Å². The lowest BCUT2D eigenvalue weighted by Gasteiger charge is -2.27. The van der Waals surface area contributed by atoms with Gasteiger partial charge in [0, 0.05) is 26.2 Å². The van der Waals surface area contributed by atoms with Crippen LogP contribution in [0, 0.1) is 6.92 Å². The van der Waals surface area contributed by atoms with E-state index in [1.54, 1.807) is 19.1 Å². The molecule has 8 heteroatoms. The maximum atomic E-state index is 12.6. The highest BCUT2D eigenvalue weighted by atomic mass is 35.5. The van der Waals surface area contributed by atoms with Gasteiger partial charge < -0.3 is 10.1 Å². The minimum Gasteiger partial charge on any atom is -0.465 e. The van der Waals surface area contributed by atoms with Crippen molar-refractivity contribution in [2.75, 3.05) is 33.3 Å². The van der Waals surface area contributed by atoms with Crippen LogP contribution >= 0.6 is 12.4 Å². The zero-order valence-corrected chi connectivity index (χ0v) is 13.6. The van der Waals surface area contributed by atoms with Crippen LogP contribution in [0.25, 0.3) is 0 Å². The van der Waals surface area contributed by atoms with Gasteiger partial charge in [-0.15, -0.1) is 12.4 Å². The summed E-state index contributed by atoms with van der Waals surface area (Å²) in [5.41, 5.74) is 0.864. The topological polar surface area (TPSA) is 75.7 Å². The van der Waals surface area contributed by atoms with Gasteiger partial charge in [0.05, 0.1) is 17.6 Å². The van der Waals surface area contributed by atoms with E-state index in [0.29, 0.717) is 31.7 Å². The third-order valence-electron chi connectivity index (χ3n) is 3.30. The number of esters is 1. The molecule has 1 aromatic rings. The van der Waals surface area contributed by atoms with E-state index < -0.39 is 16.0 Å². The first-order chi connectivity index (χ1) is 9.46. The first kappa shape index (κ1) is 17.9. The van der Waals surface area contributed by atoms with E-state index in [0.717, 1.165) is 0 Å². The van der Waals surface area contributed by atoms with Crippen molar-refractivity contribution in [3.8, 4) is 0 Å². The van der Waals surface area contributed by atoms with E-state index >= 15 is 0 Å². The van der Waals surface area contributed by atoms with Crippen LogP contribution in [0.15, 0.2) is 23.1 Å². The van der Waals surface area contributed by atoms with Gasteiger partial charge in [0.2, 0.25) is 10.0 Å². The minimum atomic E-state index is -3.57. The van der Waals surface area contributed by atoms with E-state index in [1.807, 2.05) is 0 Å². The van der Waals surface area contributed by atoms with Crippen LogP contribution in [0.3, 0.4) is 0 Å². The summed E-state index contributed by atoms with van der Waals surface area (Å²) in [6.07, 6.45) is 0. The van der Waals surface area contributed by atoms with Gasteiger partial charge in [-0.3, -0.25) is 0 Å². The fourth-order valence-corrected chi connectivity index (χ4v) is 3.84. The quantitative estimate of drug-likeness (QED) is 0.827. The molecule has 0 saturated carbocycles. The Morgan fingerprint density at radius 1 is 1.29 bits per heavy atom. The number of carbonyl (C=O) groups excluding carboxylic acids is 1. The third kappa shape index (κ3) is 3.74. The summed E-state index contributed by atoms with van der Waals surface area (Å²) in [6.45, 7) is 3.86. The smallest absolute Gasteiger partial charge is 0.337 e. The summed E-state index contributed by atoms with van der Waals surface area (Å²) in [5, 5.41) is 3.11. The highest BCUT2D eigenvalue weighted by Crippen LogP contribution is 2.22. The van der Waals surface area contributed by atoms with Crippen molar-refractivity contribution in [1.82, 2.24) is 9.62 Å². The number of halogens is 1. The van der Waals surface area contributed by atoms with Crippen molar-refractivity contribution < 1.29 is 17.9 Å². The third-order valence-corrected chi connectivity index (χ3v) is 5.34. The second kappa shape index (κ2) is 7.22. The number of rotatable bonds is 3. The van der Waals surface area contributed by atoms with Gasteiger partial charge in [-0.1, -0.05) is 6.07 Å². The summed E-state index contributed by atoms with van der Waals surface area (Å²) in [5.74, 6) is -0.540. The standard InChI is InChI=1S/C13H18N2O4S.ClH/c1-10-3-4-11(13(16)19-2)9-12(10)20(17,18)15-7-5-14-6-8-15;/h3-4,9,14H,5-8H2,1-2H3;1H. The van der Waals surface area contributed by atoms with Crippen molar-refractivity contribution >= 4 is 28.4 Å². The number of methoxy groups -OCH3 is 1. The van der Waals surface area contributed by atoms with Crippen LogP contribution in [-0.4, -0.2) is 52.0 Å². The van der Waals surface area contributed by atoms with E-state index in [4.69, 9.17) is 0 Å². The molecule has 0 radical (unpaired) electrons. The summed E-state index contributed by atoms with van der Waals surface area (Å²) in [4.78, 5) is 11.7. The molecule has 0 aliphatic carbocycles. The molecule has 1 aliphatic heterocycles. The SMILES string of the molecule is COC(=O)c1ccc(C)c(S(=O)(=O)N2CCNCC2)c1.Cl. The average molecular weight is 335 g/mol. The Kier molecular flexibility index (Phi) is 6.15. The van der Waals surface area contributed by atoms with Crippen molar-refractivity contribution in [1.29, 1.82) is 0 Å². The largest absolute Gasteiger partial charge is 0.465 e. The fraction of sp³-hybridized carbons (Fsp3) is 0.462. The molecule has 1 saturated heterocycles. The molecule has 21 heavy (non-hydrogen) atoms. The number of carbonyl (C=O) groups is 1. The van der Waals surface area contributed by atoms with Crippen LogP contribution < -0.4 is 5.32 Å². The molecular formula is C13H19ClN2O4S. The van der Waals surface area contributed by atoms with Crippen molar-refractivity contribution in [2.45, 2.75) is 11.8 Å². The number of ether oxygens (including phenoxy) is 1. The molecule has 0 amide bonds. The molecule has 1 N–H and O–H groups in total. The molecule has 2 rings (SSSR count). The van der Waals surface area contributed by atoms with Crippen molar-refractivity contribution in [3.63, 3.8) is 0 Å². The summed E-state index contributed by atoms with van der Waals surface area (Å²) in [7, 11) is -2.30. The Hall–Kier alpha value is -1.15. The molecule has 6 nitrogen and oxygen atoms in total. The van der Waals surface area contributed by atoms with E-state index in [1.165, 1.54) is 17.5 Å². The molecule has 0 bridgehead atoms. The lowest BCUT2D eigenvalue weighted by Crippen LogP contribution is -2.46. The summed E-state index contributed by atoms with van der Waals surface area (Å²) < 4.78 is 31.3. The minimum absolute atomic E-state index is 0. The molecule has 0 atom stereocenters. The van der Waals surface area contributed by atoms with E-state index in [-0.39, 0.29) is 22.9 Å². The molecule has 0 spiro atoms. The molecule has 0 unspecified atom stereocenters. The lowest BCUT2D eigenvalue weighted by molar-refractivity contribution is 0.0600. The number of aryl methyl sites for hydroxylation is 1. The number of piperazine rings is 1. The van der Waals surface area contributed by atoms with Gasteiger partial charge in [0.1, 0.15) is 0 Å². The number of hydrogen-bond acceptors (Lipinski definition) is 5. The highest BCUT2D eigenvalue weighted by Gasteiger charge is 2.28. The second-order valence-corrected chi connectivity index (χ2v) is 6.53. The van der Waals surface area contributed by atoms with Crippen LogP contribution in [0.5, 0.6) is 0 Å². The Labute approximate surface area is 130 Å². The molecule has 0 aromatic heterocycles. The Balaban J connectivity index is 0.00000220. The molecule has 1 aromatic carbocycles. The van der Waals surface area contributed by atoms with Gasteiger partial charge >= 0.3 is 5.97 Å². The molecule has 118 valence electrons. The number of nitrogens with one attached hydrogen (secondary N) is 1. The van der Waals surface area contributed by atoms with Crippen LogP contribution in [0.2, 0.25) is 0 Å². The van der Waals surface area contributed by atoms with Gasteiger partial charge in [-0.2, -0.15) is 4.31 Å². The maximum Gasteiger partial charge on any atom is 0.337 e. The van der Waals surface area contributed by atoms with Gasteiger partial charge in [-0.05, 0) is 24.6 Å². The zero-order valence-electron chi connectivity index (χ0n) is 12.0. The van der Waals surface area contributed by atoms with Crippen LogP contribution in [-0.2, 0) is 14.8 Å². The normalized spacial score (nSPS) is 16.1. The molecule has 1 fully saturated rings. The van der Waals surface area contributed by atoms with Gasteiger partial charge in [-0.25, -0.2) is 13.2 Å². The summed E-state index contributed by atoms with van der Waals surface area (Å²) in [6, 6.07) is 4.58. The Morgan fingerprint density at radius 3 is 2.48 bits per heavy atom. The van der Waals surface area contributed by atoms with Crippen molar-refractivity contribution in [3.05, 3.63) is 29.3 Å². The first-order valence-corrected chi connectivity index (χ1v) is 7.80. The lowest BCUT2D eigenvalue weighted by atomic mass is 10.1. The number of nitrogens with zero attached hydrogens (tertiary/aromatic N) is 1. The average Bonchev–Trinajstić information content (AvgIpc) is 2.47. The van der Waals surface area contributed by atoms with Crippen LogP contribution in [0.1, 0.15) is 15.9 Å². The predicted octanol–water partition coefficient (Wildman–Crippen LogP) is 0.797. The maximum absolute atomic E-state index is 12.6. The second-order valence-electron chi connectivity index (χ2n) is 4.63. The zero-order chi connectivity index (χ0) is 14.8. The van der Waals surface area contributed by atoms with E-state index in [9.17, 15) is 13.2 Å². The Morgan fingerprint density at radius 2 is 1.90 bits per heavy atom. The number of sulfonamides is 1. The molecule has 1 aliphatic rings. The molecular weight excluding hydrogens is 316 g/mol. The number of hydrogen-bond donors (Lipinski definition) is 1. The monoisotopic (exact) mass is 334 g/mol. The Bertz CT molecular complexity index is 613. The summed E-state index contributed by atoms with van der Waals surface area (Å²) >= 11 is 0. The predicted molar refractivity (Wildman–Crippen MR) is 81.4 cm³/mol. The fourth-order valence-electron chi connectivity index (χ4n) is 2.15. The molecule has 1 heterocycles. The van der Waals surface area contributed by atoms with E-state index in [2.05, 4.69) is 10.1 Å². The van der Waals surface area contributed by atoms with Crippen LogP contribution in [0.4, 0.5) is 0 Å². The van der Waals surface area contributed by atoms with Crippen molar-refractivity contribution in [2.24, 2.45) is 0 Å². The number of benzene rings is 1. The first-order valence-electron chi connectivity index (χ1n) is 6.36. The van der Waals surface area contributed by atoms with Gasteiger partial charge in [0.15, 0.2) is 0 Å². The highest BCUT2D eigenvalue weighted by molar-refractivity contribution is 7.89.